The van der Waals surface area contributed by atoms with Crippen LogP contribution in [-0.4, -0.2) is 9.55 Å². The van der Waals surface area contributed by atoms with E-state index in [1.54, 1.807) is 12.1 Å². The monoisotopic (exact) mass is 253 g/mol. The minimum atomic E-state index is -0.410. The molecule has 2 N–H and O–H groups in total. The van der Waals surface area contributed by atoms with Gasteiger partial charge in [0.05, 0.1) is 10.7 Å². The molecule has 3 nitrogen and oxygen atoms in total. The second-order valence-corrected chi connectivity index (χ2v) is 4.39. The van der Waals surface area contributed by atoms with Crippen LogP contribution in [0.25, 0.3) is 0 Å². The van der Waals surface area contributed by atoms with E-state index in [1.165, 1.54) is 6.07 Å². The highest BCUT2D eigenvalue weighted by Gasteiger charge is 2.10. The lowest BCUT2D eigenvalue weighted by molar-refractivity contribution is 0.627. The second kappa shape index (κ2) is 4.37. The molecular weight excluding hydrogens is 241 g/mol. The highest BCUT2D eigenvalue weighted by atomic mass is 35.5. The van der Waals surface area contributed by atoms with Crippen molar-refractivity contribution in [2.24, 2.45) is 7.05 Å². The smallest absolute Gasteiger partial charge is 0.200 e. The number of rotatable bonds is 2. The summed E-state index contributed by atoms with van der Waals surface area (Å²) >= 11 is 5.73. The topological polar surface area (TPSA) is 43.8 Å². The summed E-state index contributed by atoms with van der Waals surface area (Å²) in [6.45, 7) is 1.95. The van der Waals surface area contributed by atoms with E-state index in [2.05, 4.69) is 4.98 Å². The Balaban J connectivity index is 2.31. The largest absolute Gasteiger partial charge is 0.369 e. The zero-order valence-electron chi connectivity index (χ0n) is 9.67. The van der Waals surface area contributed by atoms with Crippen molar-refractivity contribution in [2.45, 2.75) is 13.3 Å². The molecule has 1 aromatic heterocycles. The van der Waals surface area contributed by atoms with Gasteiger partial charge in [-0.05, 0) is 24.6 Å². The number of anilines is 1. The van der Waals surface area contributed by atoms with Gasteiger partial charge in [0.15, 0.2) is 5.95 Å². The average molecular weight is 254 g/mol. The van der Waals surface area contributed by atoms with Crippen molar-refractivity contribution in [3.8, 4) is 0 Å². The van der Waals surface area contributed by atoms with Crippen molar-refractivity contribution >= 4 is 17.5 Å². The standard InChI is InChI=1S/C12H13ClFN3/c1-7-11(16-12(15)17(7)2)6-8-3-4-10(14)9(13)5-8/h3-5H,6H2,1-2H3,(H2,15,16). The Hall–Kier alpha value is -1.55. The first-order valence-electron chi connectivity index (χ1n) is 5.20. The molecule has 0 fully saturated rings. The summed E-state index contributed by atoms with van der Waals surface area (Å²) in [5.74, 6) is 0.0679. The molecule has 0 atom stereocenters. The molecular formula is C12H13ClFN3. The van der Waals surface area contributed by atoms with Gasteiger partial charge in [-0.3, -0.25) is 0 Å². The van der Waals surface area contributed by atoms with Crippen LogP contribution in [0.3, 0.4) is 0 Å². The third kappa shape index (κ3) is 2.26. The lowest BCUT2D eigenvalue weighted by Crippen LogP contribution is -1.98. The van der Waals surface area contributed by atoms with E-state index < -0.39 is 5.82 Å². The van der Waals surface area contributed by atoms with Crippen LogP contribution in [-0.2, 0) is 13.5 Å². The Labute approximate surface area is 104 Å². The van der Waals surface area contributed by atoms with E-state index >= 15 is 0 Å². The molecule has 1 heterocycles. The predicted octanol–water partition coefficient (Wildman–Crippen LogP) is 2.69. The van der Waals surface area contributed by atoms with Crippen LogP contribution < -0.4 is 5.73 Å². The normalized spacial score (nSPS) is 10.8. The Morgan fingerprint density at radius 1 is 1.47 bits per heavy atom. The van der Waals surface area contributed by atoms with Gasteiger partial charge in [-0.25, -0.2) is 9.37 Å². The maximum Gasteiger partial charge on any atom is 0.200 e. The second-order valence-electron chi connectivity index (χ2n) is 3.99. The first kappa shape index (κ1) is 11.9. The van der Waals surface area contributed by atoms with Gasteiger partial charge in [-0.15, -0.1) is 0 Å². The molecule has 0 amide bonds. The van der Waals surface area contributed by atoms with Crippen LogP contribution >= 0.6 is 11.6 Å². The number of aromatic nitrogens is 2. The predicted molar refractivity (Wildman–Crippen MR) is 66.6 cm³/mol. The van der Waals surface area contributed by atoms with E-state index in [0.717, 1.165) is 17.0 Å². The van der Waals surface area contributed by atoms with Gasteiger partial charge >= 0.3 is 0 Å². The van der Waals surface area contributed by atoms with Gasteiger partial charge < -0.3 is 10.3 Å². The van der Waals surface area contributed by atoms with Crippen LogP contribution in [0.1, 0.15) is 17.0 Å². The van der Waals surface area contributed by atoms with E-state index in [-0.39, 0.29) is 5.02 Å². The molecule has 0 aliphatic heterocycles. The fourth-order valence-electron chi connectivity index (χ4n) is 1.67. The molecule has 0 saturated heterocycles. The maximum absolute atomic E-state index is 13.0. The molecule has 2 rings (SSSR count). The molecule has 0 unspecified atom stereocenters. The van der Waals surface area contributed by atoms with Crippen molar-refractivity contribution < 1.29 is 4.39 Å². The van der Waals surface area contributed by atoms with Crippen molar-refractivity contribution in [3.63, 3.8) is 0 Å². The molecule has 0 radical (unpaired) electrons. The van der Waals surface area contributed by atoms with Gasteiger partial charge in [0.25, 0.3) is 0 Å². The lowest BCUT2D eigenvalue weighted by Gasteiger charge is -2.02. The number of hydrogen-bond donors (Lipinski definition) is 1. The van der Waals surface area contributed by atoms with E-state index in [1.807, 2.05) is 18.5 Å². The van der Waals surface area contributed by atoms with Gasteiger partial charge in [-0.1, -0.05) is 17.7 Å². The molecule has 0 saturated carbocycles. The van der Waals surface area contributed by atoms with Crippen molar-refractivity contribution in [1.29, 1.82) is 0 Å². The number of halogens is 2. The van der Waals surface area contributed by atoms with E-state index in [9.17, 15) is 4.39 Å². The first-order chi connectivity index (χ1) is 7.99. The molecule has 5 heteroatoms. The highest BCUT2D eigenvalue weighted by Crippen LogP contribution is 2.20. The van der Waals surface area contributed by atoms with Crippen LogP contribution in [0, 0.1) is 12.7 Å². The van der Waals surface area contributed by atoms with Crippen molar-refractivity contribution in [2.75, 3.05) is 5.73 Å². The molecule has 17 heavy (non-hydrogen) atoms. The van der Waals surface area contributed by atoms with Gasteiger partial charge in [0.2, 0.25) is 0 Å². The van der Waals surface area contributed by atoms with Gasteiger partial charge in [-0.2, -0.15) is 0 Å². The van der Waals surface area contributed by atoms with Gasteiger partial charge in [0.1, 0.15) is 5.82 Å². The van der Waals surface area contributed by atoms with Crippen molar-refractivity contribution in [1.82, 2.24) is 9.55 Å². The van der Waals surface area contributed by atoms with Crippen LogP contribution in [0.2, 0.25) is 5.02 Å². The third-order valence-corrected chi connectivity index (χ3v) is 3.16. The molecule has 0 aliphatic carbocycles. The summed E-state index contributed by atoms with van der Waals surface area (Å²) in [7, 11) is 1.86. The Bertz CT molecular complexity index is 563. The fraction of sp³-hybridized carbons (Fsp3) is 0.250. The summed E-state index contributed by atoms with van der Waals surface area (Å²) in [4.78, 5) is 4.26. The summed E-state index contributed by atoms with van der Waals surface area (Å²) in [6, 6.07) is 4.67. The maximum atomic E-state index is 13.0. The van der Waals surface area contributed by atoms with E-state index in [0.29, 0.717) is 12.4 Å². The third-order valence-electron chi connectivity index (χ3n) is 2.87. The number of nitrogens with two attached hydrogens (primary N) is 1. The van der Waals surface area contributed by atoms with E-state index in [4.69, 9.17) is 17.3 Å². The Morgan fingerprint density at radius 2 is 2.18 bits per heavy atom. The minimum Gasteiger partial charge on any atom is -0.369 e. The van der Waals surface area contributed by atoms with Crippen LogP contribution in [0.15, 0.2) is 18.2 Å². The minimum absolute atomic E-state index is 0.129. The quantitative estimate of drug-likeness (QED) is 0.894. The Kier molecular flexibility index (Phi) is 3.07. The Morgan fingerprint density at radius 3 is 2.71 bits per heavy atom. The molecule has 90 valence electrons. The number of hydrogen-bond acceptors (Lipinski definition) is 2. The zero-order chi connectivity index (χ0) is 12.6. The fourth-order valence-corrected chi connectivity index (χ4v) is 1.87. The average Bonchev–Trinajstić information content (AvgIpc) is 2.52. The van der Waals surface area contributed by atoms with Crippen LogP contribution in [0.5, 0.6) is 0 Å². The van der Waals surface area contributed by atoms with Gasteiger partial charge in [0, 0.05) is 19.2 Å². The molecule has 0 bridgehead atoms. The molecule has 0 spiro atoms. The number of nitrogen functional groups attached to an aromatic ring is 1. The number of imidazole rings is 1. The summed E-state index contributed by atoms with van der Waals surface area (Å²) in [5, 5.41) is 0.129. The summed E-state index contributed by atoms with van der Waals surface area (Å²) < 4.78 is 14.8. The first-order valence-corrected chi connectivity index (χ1v) is 5.58. The lowest BCUT2D eigenvalue weighted by atomic mass is 10.1. The SMILES string of the molecule is Cc1c(Cc2ccc(F)c(Cl)c2)nc(N)n1C. The summed E-state index contributed by atoms with van der Waals surface area (Å²) in [6.07, 6.45) is 0.594. The number of nitrogens with zero attached hydrogens (tertiary/aromatic N) is 2. The number of benzene rings is 1. The van der Waals surface area contributed by atoms with Crippen molar-refractivity contribution in [3.05, 3.63) is 46.0 Å². The molecule has 0 aliphatic rings. The highest BCUT2D eigenvalue weighted by molar-refractivity contribution is 6.30. The summed E-state index contributed by atoms with van der Waals surface area (Å²) in [5.41, 5.74) is 8.51. The molecule has 1 aromatic carbocycles. The zero-order valence-corrected chi connectivity index (χ0v) is 10.4. The molecule has 2 aromatic rings. The van der Waals surface area contributed by atoms with Crippen LogP contribution in [0.4, 0.5) is 10.3 Å².